The van der Waals surface area contributed by atoms with Crippen molar-refractivity contribution in [1.82, 2.24) is 0 Å². The van der Waals surface area contributed by atoms with Crippen LogP contribution in [0.5, 0.6) is 0 Å². The summed E-state index contributed by atoms with van der Waals surface area (Å²) in [6.07, 6.45) is -4.70. The standard InChI is InChI=1S/C12H12F3NO2/c1-11(2,3)7-4-5-8-9(6-7)18-10(17-8)16-12(13,14)15/h4-6H,1-3H3. The lowest BCUT2D eigenvalue weighted by Crippen LogP contribution is -2.10. The topological polar surface area (TPSA) is 38.6 Å². The van der Waals surface area contributed by atoms with E-state index in [-0.39, 0.29) is 16.6 Å². The van der Waals surface area contributed by atoms with E-state index in [1.807, 2.05) is 20.8 Å². The zero-order valence-corrected chi connectivity index (χ0v) is 10.1. The minimum atomic E-state index is -4.70. The Morgan fingerprint density at radius 3 is 2.17 bits per heavy atom. The third-order valence-electron chi connectivity index (χ3n) is 2.42. The summed E-state index contributed by atoms with van der Waals surface area (Å²) in [5.74, 6) is -0.788. The maximum atomic E-state index is 12.1. The number of rotatable bonds is 0. The van der Waals surface area contributed by atoms with Gasteiger partial charge in [0.05, 0.1) is 0 Å². The van der Waals surface area contributed by atoms with Gasteiger partial charge in [0.25, 0.3) is 0 Å². The van der Waals surface area contributed by atoms with E-state index >= 15 is 0 Å². The minimum Gasteiger partial charge on any atom is -0.407 e. The van der Waals surface area contributed by atoms with Crippen molar-refractivity contribution in [2.45, 2.75) is 32.5 Å². The van der Waals surface area contributed by atoms with Crippen molar-refractivity contribution in [3.63, 3.8) is 0 Å². The molecule has 1 heterocycles. The number of hydrogen-bond donors (Lipinski definition) is 0. The first-order valence-electron chi connectivity index (χ1n) is 5.32. The fraction of sp³-hybridized carbons (Fsp3) is 0.417. The molecule has 18 heavy (non-hydrogen) atoms. The quantitative estimate of drug-likeness (QED) is 0.676. The van der Waals surface area contributed by atoms with E-state index in [9.17, 15) is 13.2 Å². The van der Waals surface area contributed by atoms with Crippen molar-refractivity contribution in [1.29, 1.82) is 0 Å². The summed E-state index contributed by atoms with van der Waals surface area (Å²) in [5, 5.41) is 0. The number of hydrogen-bond acceptors (Lipinski definition) is 3. The summed E-state index contributed by atoms with van der Waals surface area (Å²) < 4.78 is 45.9. The Balaban J connectivity index is 2.57. The molecule has 0 aliphatic heterocycles. The van der Waals surface area contributed by atoms with Gasteiger partial charge in [0.1, 0.15) is 0 Å². The van der Waals surface area contributed by atoms with Gasteiger partial charge in [0.15, 0.2) is 11.2 Å². The molecule has 1 aromatic carbocycles. The van der Waals surface area contributed by atoms with Crippen LogP contribution in [0.4, 0.5) is 13.2 Å². The molecule has 0 unspecified atom stereocenters. The molecule has 0 saturated carbocycles. The van der Waals surface area contributed by atoms with Crippen molar-refractivity contribution >= 4 is 11.2 Å². The molecule has 3 nitrogen and oxygen atoms in total. The number of halogens is 3. The fourth-order valence-corrected chi connectivity index (χ4v) is 1.50. The van der Waals surface area contributed by atoms with Crippen molar-refractivity contribution < 1.29 is 22.0 Å². The third-order valence-corrected chi connectivity index (χ3v) is 2.42. The smallest absolute Gasteiger partial charge is 0.407 e. The summed E-state index contributed by atoms with van der Waals surface area (Å²) in [4.78, 5) is 2.39. The highest BCUT2D eigenvalue weighted by Gasteiger charge is 2.27. The Hall–Kier alpha value is -1.72. The average molecular weight is 259 g/mol. The summed E-state index contributed by atoms with van der Waals surface area (Å²) in [5.41, 5.74) is 1.32. The lowest BCUT2D eigenvalue weighted by Gasteiger charge is -2.18. The summed E-state index contributed by atoms with van der Waals surface area (Å²) in [6.45, 7) is 5.99. The molecule has 1 aromatic heterocycles. The van der Waals surface area contributed by atoms with Crippen LogP contribution in [0.25, 0.3) is 11.2 Å². The molecule has 0 spiro atoms. The van der Waals surface area contributed by atoms with Gasteiger partial charge in [-0.25, -0.2) is 0 Å². The van der Waals surface area contributed by atoms with E-state index in [0.29, 0.717) is 0 Å². The second kappa shape index (κ2) is 3.90. The van der Waals surface area contributed by atoms with Crippen LogP contribution >= 0.6 is 0 Å². The van der Waals surface area contributed by atoms with Crippen molar-refractivity contribution in [3.8, 4) is 0 Å². The van der Waals surface area contributed by atoms with Gasteiger partial charge in [0.2, 0.25) is 0 Å². The normalized spacial score (nSPS) is 14.4. The molecule has 2 rings (SSSR count). The molecule has 0 N–H and O–H groups in total. The molecule has 0 radical (unpaired) electrons. The van der Waals surface area contributed by atoms with Gasteiger partial charge < -0.3 is 8.83 Å². The molecular formula is C12H12F3NO2. The van der Waals surface area contributed by atoms with E-state index < -0.39 is 12.1 Å². The predicted octanol–water partition coefficient (Wildman–Crippen LogP) is 3.74. The van der Waals surface area contributed by atoms with Gasteiger partial charge in [-0.05, 0) is 23.1 Å². The molecule has 0 aliphatic rings. The van der Waals surface area contributed by atoms with Gasteiger partial charge in [-0.1, -0.05) is 26.8 Å². The van der Waals surface area contributed by atoms with Crippen molar-refractivity contribution in [2.24, 2.45) is 4.99 Å². The lowest BCUT2D eigenvalue weighted by atomic mass is 9.87. The Labute approximate surface area is 101 Å². The lowest BCUT2D eigenvalue weighted by molar-refractivity contribution is -0.126. The van der Waals surface area contributed by atoms with Gasteiger partial charge in [-0.15, -0.1) is 18.2 Å². The first-order chi connectivity index (χ1) is 8.15. The summed E-state index contributed by atoms with van der Waals surface area (Å²) in [7, 11) is 0. The van der Waals surface area contributed by atoms with Crippen LogP contribution in [-0.4, -0.2) is 6.30 Å². The number of nitrogens with zero attached hydrogens (tertiary/aromatic N) is 1. The molecule has 0 amide bonds. The van der Waals surface area contributed by atoms with E-state index in [2.05, 4.69) is 4.99 Å². The number of fused-ring (bicyclic) bond motifs is 1. The first-order valence-corrected chi connectivity index (χ1v) is 5.32. The van der Waals surface area contributed by atoms with E-state index in [4.69, 9.17) is 8.83 Å². The molecule has 2 aromatic rings. The van der Waals surface area contributed by atoms with Crippen LogP contribution in [0, 0.1) is 0 Å². The minimum absolute atomic E-state index is 0.123. The van der Waals surface area contributed by atoms with Crippen LogP contribution in [0.1, 0.15) is 26.3 Å². The van der Waals surface area contributed by atoms with Gasteiger partial charge in [-0.3, -0.25) is 0 Å². The highest BCUT2D eigenvalue weighted by Crippen LogP contribution is 2.25. The molecular weight excluding hydrogens is 247 g/mol. The number of alkyl halides is 3. The monoisotopic (exact) mass is 259 g/mol. The molecule has 0 aliphatic carbocycles. The van der Waals surface area contributed by atoms with Gasteiger partial charge in [0, 0.05) is 0 Å². The maximum absolute atomic E-state index is 12.1. The van der Waals surface area contributed by atoms with E-state index in [1.54, 1.807) is 18.2 Å². The van der Waals surface area contributed by atoms with Crippen LogP contribution in [-0.2, 0) is 5.41 Å². The second-order valence-corrected chi connectivity index (χ2v) is 4.96. The third kappa shape index (κ3) is 2.75. The summed E-state index contributed by atoms with van der Waals surface area (Å²) in [6, 6.07) is 5.03. The SMILES string of the molecule is CC(C)(C)c1ccc2oc(=NC(F)(F)F)oc2c1. The van der Waals surface area contributed by atoms with Gasteiger partial charge >= 0.3 is 12.1 Å². The van der Waals surface area contributed by atoms with E-state index in [1.165, 1.54) is 0 Å². The Morgan fingerprint density at radius 2 is 1.61 bits per heavy atom. The first kappa shape index (κ1) is 12.7. The molecule has 0 bridgehead atoms. The predicted molar refractivity (Wildman–Crippen MR) is 58.8 cm³/mol. The Morgan fingerprint density at radius 1 is 1.00 bits per heavy atom. The Kier molecular flexibility index (Phi) is 2.76. The van der Waals surface area contributed by atoms with Crippen molar-refractivity contribution in [2.75, 3.05) is 0 Å². The fourth-order valence-electron chi connectivity index (χ4n) is 1.50. The highest BCUT2D eigenvalue weighted by atomic mass is 19.4. The highest BCUT2D eigenvalue weighted by molar-refractivity contribution is 5.70. The van der Waals surface area contributed by atoms with Crippen molar-refractivity contribution in [3.05, 3.63) is 29.5 Å². The van der Waals surface area contributed by atoms with E-state index in [0.717, 1.165) is 5.56 Å². The molecule has 98 valence electrons. The molecule has 0 atom stereocenters. The van der Waals surface area contributed by atoms with Crippen LogP contribution in [0.3, 0.4) is 0 Å². The molecule has 0 saturated heterocycles. The second-order valence-electron chi connectivity index (χ2n) is 4.96. The van der Waals surface area contributed by atoms with Crippen LogP contribution in [0.15, 0.2) is 32.0 Å². The summed E-state index contributed by atoms with van der Waals surface area (Å²) >= 11 is 0. The maximum Gasteiger partial charge on any atom is 0.509 e. The molecule has 0 fully saturated rings. The molecule has 6 heteroatoms. The largest absolute Gasteiger partial charge is 0.509 e. The zero-order valence-electron chi connectivity index (χ0n) is 10.1. The van der Waals surface area contributed by atoms with Crippen LogP contribution < -0.4 is 5.75 Å². The Bertz CT molecular complexity index is 629. The average Bonchev–Trinajstić information content (AvgIpc) is 2.53. The number of benzene rings is 1. The zero-order chi connectivity index (χ0) is 13.6. The van der Waals surface area contributed by atoms with Crippen LogP contribution in [0.2, 0.25) is 0 Å². The van der Waals surface area contributed by atoms with Gasteiger partial charge in [-0.2, -0.15) is 0 Å².